The fourth-order valence-corrected chi connectivity index (χ4v) is 1.90. The summed E-state index contributed by atoms with van der Waals surface area (Å²) in [5, 5.41) is 0. The van der Waals surface area contributed by atoms with Gasteiger partial charge in [0.25, 0.3) is 0 Å². The van der Waals surface area contributed by atoms with Crippen LogP contribution in [-0.4, -0.2) is 11.9 Å². The second-order valence-corrected chi connectivity index (χ2v) is 5.00. The molecule has 0 atom stereocenters. The Morgan fingerprint density at radius 2 is 1.00 bits per heavy atom. The number of allylic oxidation sites excluding steroid dienone is 4. The summed E-state index contributed by atoms with van der Waals surface area (Å²) in [6.45, 7) is 0. The molecule has 0 bridgehead atoms. The predicted octanol–water partition coefficient (Wildman–Crippen LogP) is 4.60. The van der Waals surface area contributed by atoms with Gasteiger partial charge in [0.2, 0.25) is 0 Å². The second kappa shape index (κ2) is 10.3. The van der Waals surface area contributed by atoms with Crippen LogP contribution in [0.5, 0.6) is 0 Å². The number of esters is 2. The normalized spacial score (nSPS) is 11.7. The molecule has 25 heavy (non-hydrogen) atoms. The van der Waals surface area contributed by atoms with Gasteiger partial charge in [0, 0.05) is 12.2 Å². The van der Waals surface area contributed by atoms with Crippen LogP contribution in [0.15, 0.2) is 97.1 Å². The minimum absolute atomic E-state index is 0.709. The Balaban J connectivity index is 1.75. The van der Waals surface area contributed by atoms with E-state index in [2.05, 4.69) is 4.74 Å². The Kier molecular flexibility index (Phi) is 7.40. The largest absolute Gasteiger partial charge is 0.387 e. The number of carbonyl (C=O) groups excluding carboxylic acids is 2. The first kappa shape index (κ1) is 17.9. The fourth-order valence-electron chi connectivity index (χ4n) is 1.90. The standard InChI is InChI=1S/C22H18O3/c23-21(17-9-7-15-19-11-3-1-4-12-19)25-22(24)18-10-8-16-20-13-5-2-6-14-20/h1-18H/b15-7+,16-8+,17-9+,18-10+. The van der Waals surface area contributed by atoms with E-state index >= 15 is 0 Å². The summed E-state index contributed by atoms with van der Waals surface area (Å²) < 4.78 is 4.64. The van der Waals surface area contributed by atoms with Crippen molar-refractivity contribution in [2.24, 2.45) is 0 Å². The number of hydrogen-bond acceptors (Lipinski definition) is 3. The molecule has 0 saturated heterocycles. The van der Waals surface area contributed by atoms with Crippen LogP contribution >= 0.6 is 0 Å². The van der Waals surface area contributed by atoms with E-state index in [9.17, 15) is 9.59 Å². The van der Waals surface area contributed by atoms with Crippen molar-refractivity contribution in [1.82, 2.24) is 0 Å². The van der Waals surface area contributed by atoms with Crippen molar-refractivity contribution in [2.75, 3.05) is 0 Å². The van der Waals surface area contributed by atoms with Crippen LogP contribution in [0.4, 0.5) is 0 Å². The molecule has 0 amide bonds. The van der Waals surface area contributed by atoms with Gasteiger partial charge >= 0.3 is 11.9 Å². The maximum Gasteiger partial charge on any atom is 0.338 e. The molecule has 0 aliphatic rings. The SMILES string of the molecule is O=C(/C=C/C=C/c1ccccc1)OC(=O)/C=C/C=C/c1ccccc1. The number of ether oxygens (including phenoxy) is 1. The van der Waals surface area contributed by atoms with Crippen LogP contribution in [-0.2, 0) is 14.3 Å². The van der Waals surface area contributed by atoms with Gasteiger partial charge in [0.15, 0.2) is 0 Å². The summed E-state index contributed by atoms with van der Waals surface area (Å²) in [7, 11) is 0. The molecule has 3 nitrogen and oxygen atoms in total. The molecule has 2 aromatic rings. The minimum Gasteiger partial charge on any atom is -0.387 e. The van der Waals surface area contributed by atoms with E-state index in [0.717, 1.165) is 11.1 Å². The molecule has 3 heteroatoms. The Labute approximate surface area is 147 Å². The molecule has 0 spiro atoms. The van der Waals surface area contributed by atoms with E-state index in [-0.39, 0.29) is 0 Å². The first-order valence-corrected chi connectivity index (χ1v) is 7.79. The lowest BCUT2D eigenvalue weighted by Crippen LogP contribution is -2.06. The number of hydrogen-bond donors (Lipinski definition) is 0. The van der Waals surface area contributed by atoms with Crippen molar-refractivity contribution in [3.63, 3.8) is 0 Å². The van der Waals surface area contributed by atoms with Gasteiger partial charge in [-0.25, -0.2) is 9.59 Å². The van der Waals surface area contributed by atoms with Crippen molar-refractivity contribution in [1.29, 1.82) is 0 Å². The number of carbonyl (C=O) groups is 2. The lowest BCUT2D eigenvalue weighted by molar-refractivity contribution is -0.152. The van der Waals surface area contributed by atoms with Gasteiger partial charge in [0.1, 0.15) is 0 Å². The molecule has 0 aliphatic heterocycles. The molecule has 0 heterocycles. The summed E-state index contributed by atoms with van der Waals surface area (Å²) in [6, 6.07) is 19.3. The molecular weight excluding hydrogens is 312 g/mol. The van der Waals surface area contributed by atoms with Crippen LogP contribution in [0.3, 0.4) is 0 Å². The lowest BCUT2D eigenvalue weighted by Gasteiger charge is -1.93. The van der Waals surface area contributed by atoms with Gasteiger partial charge in [-0.2, -0.15) is 0 Å². The quantitative estimate of drug-likeness (QED) is 0.337. The molecule has 0 saturated carbocycles. The van der Waals surface area contributed by atoms with Crippen LogP contribution in [0.25, 0.3) is 12.2 Å². The lowest BCUT2D eigenvalue weighted by atomic mass is 10.2. The molecule has 0 aliphatic carbocycles. The third-order valence-electron chi connectivity index (χ3n) is 3.06. The van der Waals surface area contributed by atoms with Gasteiger partial charge < -0.3 is 4.74 Å². The molecule has 0 radical (unpaired) electrons. The summed E-state index contributed by atoms with van der Waals surface area (Å²) in [5.74, 6) is -1.42. The van der Waals surface area contributed by atoms with Crippen molar-refractivity contribution in [3.05, 3.63) is 108 Å². The number of rotatable bonds is 6. The van der Waals surface area contributed by atoms with Gasteiger partial charge in [0.05, 0.1) is 0 Å². The molecular formula is C22H18O3. The van der Waals surface area contributed by atoms with Crippen LogP contribution < -0.4 is 0 Å². The average Bonchev–Trinajstić information content (AvgIpc) is 2.64. The Morgan fingerprint density at radius 1 is 0.600 bits per heavy atom. The summed E-state index contributed by atoms with van der Waals surface area (Å²) in [5.41, 5.74) is 2.04. The van der Waals surface area contributed by atoms with Crippen LogP contribution in [0.1, 0.15) is 11.1 Å². The van der Waals surface area contributed by atoms with Crippen molar-refractivity contribution in [2.45, 2.75) is 0 Å². The molecule has 0 fully saturated rings. The van der Waals surface area contributed by atoms with E-state index in [4.69, 9.17) is 0 Å². The Hall–Kier alpha value is -3.46. The molecule has 2 aromatic carbocycles. The third kappa shape index (κ3) is 7.57. The third-order valence-corrected chi connectivity index (χ3v) is 3.06. The van der Waals surface area contributed by atoms with Gasteiger partial charge in [-0.3, -0.25) is 0 Å². The van der Waals surface area contributed by atoms with Crippen molar-refractivity contribution < 1.29 is 14.3 Å². The Morgan fingerprint density at radius 3 is 1.40 bits per heavy atom. The highest BCUT2D eigenvalue weighted by molar-refractivity contribution is 5.96. The fraction of sp³-hybridized carbons (Fsp3) is 0. The maximum atomic E-state index is 11.5. The first-order chi connectivity index (χ1) is 12.2. The molecule has 0 N–H and O–H groups in total. The maximum absolute atomic E-state index is 11.5. The van der Waals surface area contributed by atoms with Crippen molar-refractivity contribution in [3.8, 4) is 0 Å². The predicted molar refractivity (Wildman–Crippen MR) is 100 cm³/mol. The highest BCUT2D eigenvalue weighted by atomic mass is 16.6. The van der Waals surface area contributed by atoms with E-state index in [1.165, 1.54) is 24.3 Å². The van der Waals surface area contributed by atoms with E-state index < -0.39 is 11.9 Å². The highest BCUT2D eigenvalue weighted by Crippen LogP contribution is 2.02. The Bertz CT molecular complexity index is 728. The zero-order valence-corrected chi connectivity index (χ0v) is 13.6. The van der Waals surface area contributed by atoms with Crippen LogP contribution in [0, 0.1) is 0 Å². The summed E-state index contributed by atoms with van der Waals surface area (Å²) in [4.78, 5) is 23.0. The van der Waals surface area contributed by atoms with E-state index in [1.807, 2.05) is 72.8 Å². The minimum atomic E-state index is -0.709. The summed E-state index contributed by atoms with van der Waals surface area (Å²) >= 11 is 0. The smallest absolute Gasteiger partial charge is 0.338 e. The van der Waals surface area contributed by atoms with Crippen LogP contribution in [0.2, 0.25) is 0 Å². The van der Waals surface area contributed by atoms with Gasteiger partial charge in [-0.15, -0.1) is 0 Å². The molecule has 0 unspecified atom stereocenters. The van der Waals surface area contributed by atoms with E-state index in [0.29, 0.717) is 0 Å². The number of benzene rings is 2. The molecule has 0 aromatic heterocycles. The molecule has 124 valence electrons. The monoisotopic (exact) mass is 330 g/mol. The van der Waals surface area contributed by atoms with Gasteiger partial charge in [-0.05, 0) is 11.1 Å². The summed E-state index contributed by atoms with van der Waals surface area (Å²) in [6.07, 6.45) is 12.6. The zero-order chi connectivity index (χ0) is 17.7. The topological polar surface area (TPSA) is 43.4 Å². The van der Waals surface area contributed by atoms with Crippen molar-refractivity contribution >= 4 is 24.1 Å². The average molecular weight is 330 g/mol. The second-order valence-electron chi connectivity index (χ2n) is 5.00. The zero-order valence-electron chi connectivity index (χ0n) is 13.6. The first-order valence-electron chi connectivity index (χ1n) is 7.79. The van der Waals surface area contributed by atoms with E-state index in [1.54, 1.807) is 12.2 Å². The van der Waals surface area contributed by atoms with Gasteiger partial charge in [-0.1, -0.05) is 97.1 Å². The highest BCUT2D eigenvalue weighted by Gasteiger charge is 2.01. The molecule has 2 rings (SSSR count).